The van der Waals surface area contributed by atoms with Gasteiger partial charge in [-0.2, -0.15) is 0 Å². The van der Waals surface area contributed by atoms with Crippen molar-refractivity contribution >= 4 is 7.60 Å². The Morgan fingerprint density at radius 1 is 1.46 bits per heavy atom. The molecule has 0 aromatic carbocycles. The highest BCUT2D eigenvalue weighted by Crippen LogP contribution is 2.44. The predicted octanol–water partition coefficient (Wildman–Crippen LogP) is 3.08. The molecule has 13 heavy (non-hydrogen) atoms. The van der Waals surface area contributed by atoms with Crippen LogP contribution in [0.2, 0.25) is 0 Å². The van der Waals surface area contributed by atoms with E-state index in [2.05, 4.69) is 0 Å². The molecule has 0 aromatic heterocycles. The van der Waals surface area contributed by atoms with E-state index in [1.54, 1.807) is 19.9 Å². The van der Waals surface area contributed by atoms with Crippen LogP contribution in [0.25, 0.3) is 0 Å². The van der Waals surface area contributed by atoms with Gasteiger partial charge in [-0.25, -0.2) is 0 Å². The molecule has 76 valence electrons. The van der Waals surface area contributed by atoms with Crippen LogP contribution in [-0.2, 0) is 9.09 Å². The zero-order valence-electron chi connectivity index (χ0n) is 8.36. The second-order valence-electron chi connectivity index (χ2n) is 2.95. The van der Waals surface area contributed by atoms with Gasteiger partial charge in [-0.1, -0.05) is 24.6 Å². The first kappa shape index (κ1) is 12.6. The highest BCUT2D eigenvalue weighted by molar-refractivity contribution is 7.56. The molecular weight excluding hydrogens is 187 g/mol. The van der Waals surface area contributed by atoms with E-state index in [4.69, 9.17) is 4.52 Å². The van der Waals surface area contributed by atoms with Gasteiger partial charge in [0, 0.05) is 5.82 Å². The SMILES string of the molecule is CCC=CCOP(=O)(O)C=C(C)C. The molecule has 1 atom stereocenters. The van der Waals surface area contributed by atoms with Gasteiger partial charge in [0.2, 0.25) is 0 Å². The number of allylic oxidation sites excluding steroid dienone is 2. The summed E-state index contributed by atoms with van der Waals surface area (Å²) in [6.07, 6.45) is 4.53. The molecule has 1 N–H and O–H groups in total. The number of hydrogen-bond acceptors (Lipinski definition) is 2. The molecule has 0 aromatic rings. The molecule has 0 aliphatic heterocycles. The maximum atomic E-state index is 11.2. The summed E-state index contributed by atoms with van der Waals surface area (Å²) in [5, 5.41) is 0. The lowest BCUT2D eigenvalue weighted by Crippen LogP contribution is -1.87. The fraction of sp³-hybridized carbons (Fsp3) is 0.556. The molecule has 0 aliphatic carbocycles. The van der Waals surface area contributed by atoms with Gasteiger partial charge in [0.1, 0.15) is 0 Å². The molecule has 1 unspecified atom stereocenters. The normalized spacial score (nSPS) is 15.7. The molecule has 0 spiro atoms. The van der Waals surface area contributed by atoms with Crippen LogP contribution in [0.15, 0.2) is 23.5 Å². The first-order valence-corrected chi connectivity index (χ1v) is 5.90. The largest absolute Gasteiger partial charge is 0.351 e. The van der Waals surface area contributed by atoms with Gasteiger partial charge in [0.25, 0.3) is 0 Å². The fourth-order valence-electron chi connectivity index (χ4n) is 0.748. The van der Waals surface area contributed by atoms with Gasteiger partial charge in [-0.15, -0.1) is 0 Å². The molecular formula is C9H17O3P. The minimum Gasteiger partial charge on any atom is -0.321 e. The molecule has 0 heterocycles. The third-order valence-corrected chi connectivity index (χ3v) is 2.54. The Kier molecular flexibility index (Phi) is 5.97. The van der Waals surface area contributed by atoms with E-state index in [0.29, 0.717) is 0 Å². The Hall–Kier alpha value is -0.370. The van der Waals surface area contributed by atoms with Crippen LogP contribution >= 0.6 is 7.60 Å². The molecule has 0 aliphatic rings. The van der Waals surface area contributed by atoms with E-state index in [0.717, 1.165) is 12.0 Å². The zero-order valence-corrected chi connectivity index (χ0v) is 9.25. The van der Waals surface area contributed by atoms with Crippen molar-refractivity contribution in [2.75, 3.05) is 6.61 Å². The van der Waals surface area contributed by atoms with Gasteiger partial charge < -0.3 is 9.42 Å². The Labute approximate surface area is 79.7 Å². The summed E-state index contributed by atoms with van der Waals surface area (Å²) < 4.78 is 16.0. The molecule has 0 saturated carbocycles. The molecule has 0 saturated heterocycles. The Balaban J connectivity index is 3.98. The van der Waals surface area contributed by atoms with Crippen LogP contribution in [0.5, 0.6) is 0 Å². The molecule has 3 nitrogen and oxygen atoms in total. The zero-order chi connectivity index (χ0) is 10.3. The van der Waals surface area contributed by atoms with Gasteiger partial charge in [0.15, 0.2) is 0 Å². The lowest BCUT2D eigenvalue weighted by molar-refractivity contribution is 0.296. The highest BCUT2D eigenvalue weighted by Gasteiger charge is 2.13. The summed E-state index contributed by atoms with van der Waals surface area (Å²) in [6, 6.07) is 0. The lowest BCUT2D eigenvalue weighted by Gasteiger charge is -2.05. The van der Waals surface area contributed by atoms with Crippen LogP contribution in [0.1, 0.15) is 27.2 Å². The molecule has 0 rings (SSSR count). The maximum absolute atomic E-state index is 11.2. The second kappa shape index (κ2) is 6.14. The Morgan fingerprint density at radius 3 is 2.54 bits per heavy atom. The first-order valence-electron chi connectivity index (χ1n) is 4.26. The van der Waals surface area contributed by atoms with Gasteiger partial charge in [-0.3, -0.25) is 4.57 Å². The summed E-state index contributed by atoms with van der Waals surface area (Å²) in [5.41, 5.74) is 0.783. The Bertz CT molecular complexity index is 239. The van der Waals surface area contributed by atoms with Gasteiger partial charge in [0.05, 0.1) is 6.61 Å². The summed E-state index contributed by atoms with van der Waals surface area (Å²) in [7, 11) is -3.50. The lowest BCUT2D eigenvalue weighted by atomic mass is 10.4. The second-order valence-corrected chi connectivity index (χ2v) is 4.59. The van der Waals surface area contributed by atoms with Crippen LogP contribution in [0.3, 0.4) is 0 Å². The maximum Gasteiger partial charge on any atom is 0.351 e. The summed E-state index contributed by atoms with van der Waals surface area (Å²) in [5.74, 6) is 1.26. The molecule has 0 bridgehead atoms. The third-order valence-electron chi connectivity index (χ3n) is 1.18. The molecule has 0 radical (unpaired) electrons. The predicted molar refractivity (Wildman–Crippen MR) is 54.6 cm³/mol. The van der Waals surface area contributed by atoms with Crippen molar-refractivity contribution in [2.24, 2.45) is 0 Å². The molecule has 4 heteroatoms. The topological polar surface area (TPSA) is 46.5 Å². The van der Waals surface area contributed by atoms with E-state index in [1.165, 1.54) is 5.82 Å². The summed E-state index contributed by atoms with van der Waals surface area (Å²) in [6.45, 7) is 5.69. The fourth-order valence-corrected chi connectivity index (χ4v) is 1.77. The van der Waals surface area contributed by atoms with Gasteiger partial charge in [-0.05, 0) is 20.3 Å². The van der Waals surface area contributed by atoms with Crippen molar-refractivity contribution in [1.82, 2.24) is 0 Å². The monoisotopic (exact) mass is 204 g/mol. The Morgan fingerprint density at radius 2 is 2.08 bits per heavy atom. The highest BCUT2D eigenvalue weighted by atomic mass is 31.2. The summed E-state index contributed by atoms with van der Waals surface area (Å²) >= 11 is 0. The van der Waals surface area contributed by atoms with E-state index in [-0.39, 0.29) is 6.61 Å². The number of hydrogen-bond donors (Lipinski definition) is 1. The van der Waals surface area contributed by atoms with Crippen molar-refractivity contribution in [3.8, 4) is 0 Å². The van der Waals surface area contributed by atoms with Gasteiger partial charge >= 0.3 is 7.60 Å². The number of rotatable bonds is 5. The van der Waals surface area contributed by atoms with Crippen molar-refractivity contribution in [2.45, 2.75) is 27.2 Å². The molecule has 0 amide bonds. The summed E-state index contributed by atoms with van der Waals surface area (Å²) in [4.78, 5) is 9.21. The molecule has 0 fully saturated rings. The van der Waals surface area contributed by atoms with Crippen LogP contribution in [0.4, 0.5) is 0 Å². The van der Waals surface area contributed by atoms with E-state index >= 15 is 0 Å². The standard InChI is InChI=1S/C9H17O3P/c1-4-5-6-7-12-13(10,11)8-9(2)3/h5-6,8H,4,7H2,1-3H3,(H,10,11). The van der Waals surface area contributed by atoms with Crippen molar-refractivity contribution in [3.63, 3.8) is 0 Å². The average molecular weight is 204 g/mol. The minimum absolute atomic E-state index is 0.186. The quantitative estimate of drug-likeness (QED) is 0.553. The third kappa shape index (κ3) is 7.97. The first-order chi connectivity index (χ1) is 5.98. The van der Waals surface area contributed by atoms with Crippen LogP contribution in [0, 0.1) is 0 Å². The van der Waals surface area contributed by atoms with Crippen molar-refractivity contribution < 1.29 is 14.0 Å². The average Bonchev–Trinajstić information content (AvgIpc) is 1.95. The van der Waals surface area contributed by atoms with Crippen LogP contribution < -0.4 is 0 Å². The van der Waals surface area contributed by atoms with Crippen LogP contribution in [-0.4, -0.2) is 11.5 Å². The smallest absolute Gasteiger partial charge is 0.321 e. The van der Waals surface area contributed by atoms with E-state index in [1.807, 2.05) is 13.0 Å². The minimum atomic E-state index is -3.50. The van der Waals surface area contributed by atoms with E-state index < -0.39 is 7.60 Å². The van der Waals surface area contributed by atoms with Crippen molar-refractivity contribution in [1.29, 1.82) is 0 Å². The van der Waals surface area contributed by atoms with Crippen molar-refractivity contribution in [3.05, 3.63) is 23.5 Å². The van der Waals surface area contributed by atoms with E-state index in [9.17, 15) is 9.46 Å².